The maximum Gasteiger partial charge on any atom is 0.250 e. The minimum Gasteiger partial charge on any atom is -0.375 e. The van der Waals surface area contributed by atoms with Crippen LogP contribution in [-0.4, -0.2) is 38.6 Å². The van der Waals surface area contributed by atoms with Crippen LogP contribution >= 0.6 is 0 Å². The molecule has 0 aromatic heterocycles. The molecular weight excluding hydrogens is 258 g/mol. The molecule has 0 unspecified atom stereocenters. The summed E-state index contributed by atoms with van der Waals surface area (Å²) in [5.74, 6) is 1.91. The molecule has 0 aliphatic rings. The molecular formula is C14H17N3O3. The van der Waals surface area contributed by atoms with E-state index in [0.717, 1.165) is 0 Å². The second-order valence-electron chi connectivity index (χ2n) is 3.92. The molecule has 20 heavy (non-hydrogen) atoms. The van der Waals surface area contributed by atoms with Gasteiger partial charge in [-0.15, -0.1) is 6.42 Å². The van der Waals surface area contributed by atoms with Crippen molar-refractivity contribution in [2.75, 3.05) is 37.4 Å². The maximum atomic E-state index is 11.6. The van der Waals surface area contributed by atoms with E-state index in [0.29, 0.717) is 17.9 Å². The summed E-state index contributed by atoms with van der Waals surface area (Å²) >= 11 is 0. The number of anilines is 2. The van der Waals surface area contributed by atoms with E-state index in [4.69, 9.17) is 11.2 Å². The third-order valence-corrected chi connectivity index (χ3v) is 2.22. The first kappa shape index (κ1) is 15.7. The zero-order chi connectivity index (χ0) is 14.8. The summed E-state index contributed by atoms with van der Waals surface area (Å²) in [6.45, 7) is 0.442. The molecule has 1 aromatic carbocycles. The van der Waals surface area contributed by atoms with Crippen molar-refractivity contribution < 1.29 is 14.3 Å². The number of amides is 2. The summed E-state index contributed by atoms with van der Waals surface area (Å²) in [5.41, 5.74) is 1.18. The van der Waals surface area contributed by atoms with Gasteiger partial charge in [0.1, 0.15) is 6.61 Å². The highest BCUT2D eigenvalue weighted by atomic mass is 16.5. The van der Waals surface area contributed by atoms with Crippen molar-refractivity contribution in [2.24, 2.45) is 0 Å². The zero-order valence-electron chi connectivity index (χ0n) is 11.2. The van der Waals surface area contributed by atoms with Crippen LogP contribution in [0.2, 0.25) is 0 Å². The van der Waals surface area contributed by atoms with E-state index in [1.54, 1.807) is 24.3 Å². The number of ether oxygens (including phenoxy) is 1. The first-order valence-corrected chi connectivity index (χ1v) is 5.98. The summed E-state index contributed by atoms with van der Waals surface area (Å²) in [6.07, 6.45) is 5.06. The van der Waals surface area contributed by atoms with E-state index in [9.17, 15) is 9.59 Å². The summed E-state index contributed by atoms with van der Waals surface area (Å²) in [6, 6.07) is 6.84. The zero-order valence-corrected chi connectivity index (χ0v) is 11.2. The molecule has 0 saturated heterocycles. The fraction of sp³-hybridized carbons (Fsp3) is 0.286. The van der Waals surface area contributed by atoms with E-state index < -0.39 is 0 Å². The predicted molar refractivity (Wildman–Crippen MR) is 77.3 cm³/mol. The van der Waals surface area contributed by atoms with Gasteiger partial charge < -0.3 is 15.4 Å². The maximum absolute atomic E-state index is 11.6. The Labute approximate surface area is 117 Å². The number of carbonyl (C=O) groups is 2. The smallest absolute Gasteiger partial charge is 0.250 e. The van der Waals surface area contributed by atoms with E-state index in [1.807, 2.05) is 0 Å². The van der Waals surface area contributed by atoms with E-state index in [-0.39, 0.29) is 25.0 Å². The van der Waals surface area contributed by atoms with Gasteiger partial charge in [-0.3, -0.25) is 14.9 Å². The van der Waals surface area contributed by atoms with Gasteiger partial charge in [0.2, 0.25) is 11.8 Å². The van der Waals surface area contributed by atoms with Crippen molar-refractivity contribution in [3.8, 4) is 12.3 Å². The summed E-state index contributed by atoms with van der Waals surface area (Å²) in [5, 5.41) is 8.13. The molecule has 0 aliphatic carbocycles. The van der Waals surface area contributed by atoms with Crippen LogP contribution < -0.4 is 16.0 Å². The van der Waals surface area contributed by atoms with E-state index >= 15 is 0 Å². The molecule has 3 N–H and O–H groups in total. The molecule has 2 amide bonds. The quantitative estimate of drug-likeness (QED) is 0.498. The Kier molecular flexibility index (Phi) is 6.82. The molecule has 6 heteroatoms. The lowest BCUT2D eigenvalue weighted by Gasteiger charge is -2.08. The lowest BCUT2D eigenvalue weighted by Crippen LogP contribution is -2.28. The highest BCUT2D eigenvalue weighted by Crippen LogP contribution is 2.14. The summed E-state index contributed by atoms with van der Waals surface area (Å²) < 4.78 is 4.72. The predicted octanol–water partition coefficient (Wildman–Crippen LogP) is 0.433. The van der Waals surface area contributed by atoms with Crippen molar-refractivity contribution in [3.63, 3.8) is 0 Å². The molecule has 0 bridgehead atoms. The number of terminal acetylenes is 1. The lowest BCUT2D eigenvalue weighted by molar-refractivity contribution is -0.119. The van der Waals surface area contributed by atoms with E-state index in [1.165, 1.54) is 7.11 Å². The SMILES string of the molecule is C#CCNCC(=O)Nc1cccc(NC(=O)COC)c1. The third kappa shape index (κ3) is 6.00. The molecule has 1 aromatic rings. The molecule has 0 fully saturated rings. The molecule has 6 nitrogen and oxygen atoms in total. The Balaban J connectivity index is 2.53. The largest absolute Gasteiger partial charge is 0.375 e. The average Bonchev–Trinajstić information content (AvgIpc) is 2.39. The number of methoxy groups -OCH3 is 1. The summed E-state index contributed by atoms with van der Waals surface area (Å²) in [7, 11) is 1.44. The van der Waals surface area contributed by atoms with Gasteiger partial charge in [0.25, 0.3) is 0 Å². The third-order valence-electron chi connectivity index (χ3n) is 2.22. The molecule has 0 saturated carbocycles. The minimum absolute atomic E-state index is 0.0212. The van der Waals surface area contributed by atoms with Crippen LogP contribution in [0.1, 0.15) is 0 Å². The Morgan fingerprint density at radius 3 is 2.50 bits per heavy atom. The minimum atomic E-state index is -0.258. The van der Waals surface area contributed by atoms with Crippen LogP contribution in [-0.2, 0) is 14.3 Å². The van der Waals surface area contributed by atoms with Gasteiger partial charge in [-0.25, -0.2) is 0 Å². The molecule has 0 aliphatic heterocycles. The fourth-order valence-electron chi connectivity index (χ4n) is 1.46. The van der Waals surface area contributed by atoms with Crippen LogP contribution in [0.4, 0.5) is 11.4 Å². The van der Waals surface area contributed by atoms with Crippen LogP contribution in [0.5, 0.6) is 0 Å². The van der Waals surface area contributed by atoms with Gasteiger partial charge in [0.15, 0.2) is 0 Å². The van der Waals surface area contributed by atoms with E-state index in [2.05, 4.69) is 21.9 Å². The number of rotatable bonds is 7. The van der Waals surface area contributed by atoms with Gasteiger partial charge >= 0.3 is 0 Å². The highest BCUT2D eigenvalue weighted by Gasteiger charge is 2.04. The van der Waals surface area contributed by atoms with Gasteiger partial charge in [0.05, 0.1) is 13.1 Å². The Morgan fingerprint density at radius 1 is 1.25 bits per heavy atom. The van der Waals surface area contributed by atoms with Crippen molar-refractivity contribution >= 4 is 23.2 Å². The second kappa shape index (κ2) is 8.69. The normalized spacial score (nSPS) is 9.60. The Morgan fingerprint density at radius 2 is 1.90 bits per heavy atom. The first-order valence-electron chi connectivity index (χ1n) is 5.98. The van der Waals surface area contributed by atoms with Crippen molar-refractivity contribution in [1.29, 1.82) is 0 Å². The Hall–Kier alpha value is -2.36. The number of carbonyl (C=O) groups excluding carboxylic acids is 2. The van der Waals surface area contributed by atoms with Gasteiger partial charge in [-0.1, -0.05) is 12.0 Å². The van der Waals surface area contributed by atoms with Crippen molar-refractivity contribution in [3.05, 3.63) is 24.3 Å². The van der Waals surface area contributed by atoms with Gasteiger partial charge in [0, 0.05) is 18.5 Å². The van der Waals surface area contributed by atoms with Crippen LogP contribution in [0.3, 0.4) is 0 Å². The van der Waals surface area contributed by atoms with Crippen LogP contribution in [0, 0.1) is 12.3 Å². The standard InChI is InChI=1S/C14H17N3O3/c1-3-7-15-9-13(18)16-11-5-4-6-12(8-11)17-14(19)10-20-2/h1,4-6,8,15H,7,9-10H2,2H3,(H,16,18)(H,17,19). The van der Waals surface area contributed by atoms with Gasteiger partial charge in [-0.2, -0.15) is 0 Å². The van der Waals surface area contributed by atoms with Crippen molar-refractivity contribution in [2.45, 2.75) is 0 Å². The molecule has 1 rings (SSSR count). The molecule has 0 radical (unpaired) electrons. The van der Waals surface area contributed by atoms with Crippen LogP contribution in [0.25, 0.3) is 0 Å². The topological polar surface area (TPSA) is 79.5 Å². The number of benzene rings is 1. The second-order valence-corrected chi connectivity index (χ2v) is 3.92. The van der Waals surface area contributed by atoms with Crippen molar-refractivity contribution in [1.82, 2.24) is 5.32 Å². The average molecular weight is 275 g/mol. The molecule has 106 valence electrons. The van der Waals surface area contributed by atoms with Gasteiger partial charge in [-0.05, 0) is 18.2 Å². The van der Waals surface area contributed by atoms with Crippen LogP contribution in [0.15, 0.2) is 24.3 Å². The summed E-state index contributed by atoms with van der Waals surface area (Å²) in [4.78, 5) is 22.9. The highest BCUT2D eigenvalue weighted by molar-refractivity contribution is 5.95. The fourth-order valence-corrected chi connectivity index (χ4v) is 1.46. The monoisotopic (exact) mass is 275 g/mol. The molecule has 0 heterocycles. The molecule has 0 atom stereocenters. The number of nitrogens with one attached hydrogen (secondary N) is 3. The lowest BCUT2D eigenvalue weighted by atomic mass is 10.2. The molecule has 0 spiro atoms. The number of hydrogen-bond acceptors (Lipinski definition) is 4. The number of hydrogen-bond donors (Lipinski definition) is 3. The first-order chi connectivity index (χ1) is 9.65. The Bertz CT molecular complexity index is 509.